The zero-order valence-electron chi connectivity index (χ0n) is 14.5. The molecule has 0 amide bonds. The highest BCUT2D eigenvalue weighted by atomic mass is 35.5. The van der Waals surface area contributed by atoms with Crippen molar-refractivity contribution in [3.63, 3.8) is 0 Å². The van der Waals surface area contributed by atoms with Crippen LogP contribution in [0, 0.1) is 0 Å². The van der Waals surface area contributed by atoms with E-state index in [9.17, 15) is 9.59 Å². The largest absolute Gasteiger partial charge is 0.469 e. The highest BCUT2D eigenvalue weighted by molar-refractivity contribution is 6.39. The van der Waals surface area contributed by atoms with Gasteiger partial charge in [-0.1, -0.05) is 23.7 Å². The van der Waals surface area contributed by atoms with E-state index >= 15 is 0 Å². The molecule has 1 N–H and O–H groups in total. The number of nitrogens with one attached hydrogen (secondary N) is 1. The van der Waals surface area contributed by atoms with Gasteiger partial charge in [-0.15, -0.1) is 0 Å². The molecule has 1 aliphatic rings. The Morgan fingerprint density at radius 3 is 2.60 bits per heavy atom. The number of ether oxygens (including phenoxy) is 1. The molecule has 0 atom stereocenters. The highest BCUT2D eigenvalue weighted by Crippen LogP contribution is 2.21. The van der Waals surface area contributed by atoms with Crippen LogP contribution in [0.25, 0.3) is 0 Å². The lowest BCUT2D eigenvalue weighted by Crippen LogP contribution is -2.40. The zero-order valence-corrected chi connectivity index (χ0v) is 15.2. The average Bonchev–Trinajstić information content (AvgIpc) is 2.64. The number of para-hydroxylation sites is 1. The van der Waals surface area contributed by atoms with E-state index in [0.29, 0.717) is 23.0 Å². The van der Waals surface area contributed by atoms with Crippen LogP contribution in [0.5, 0.6) is 0 Å². The fraction of sp³-hybridized carbons (Fsp3) is 0.500. The third-order valence-corrected chi connectivity index (χ3v) is 4.40. The van der Waals surface area contributed by atoms with Gasteiger partial charge in [-0.3, -0.25) is 15.0 Å². The summed E-state index contributed by atoms with van der Waals surface area (Å²) in [7, 11) is 1.35. The second-order valence-corrected chi connectivity index (χ2v) is 6.33. The van der Waals surface area contributed by atoms with Crippen LogP contribution in [-0.4, -0.2) is 42.7 Å². The van der Waals surface area contributed by atoms with Gasteiger partial charge in [0.15, 0.2) is 11.6 Å². The Hall–Kier alpha value is -2.08. The molecule has 0 unspecified atom stereocenters. The van der Waals surface area contributed by atoms with Gasteiger partial charge in [-0.2, -0.15) is 5.10 Å². The molecule has 0 aliphatic carbocycles. The molecule has 2 rings (SSSR count). The molecule has 25 heavy (non-hydrogen) atoms. The van der Waals surface area contributed by atoms with Crippen LogP contribution >= 0.6 is 11.6 Å². The van der Waals surface area contributed by atoms with E-state index in [4.69, 9.17) is 11.6 Å². The first kappa shape index (κ1) is 19.2. The van der Waals surface area contributed by atoms with Gasteiger partial charge in [0.1, 0.15) is 0 Å². The maximum atomic E-state index is 12.6. The van der Waals surface area contributed by atoms with Crippen LogP contribution < -0.4 is 5.43 Å². The summed E-state index contributed by atoms with van der Waals surface area (Å²) < 4.78 is 4.61. The van der Waals surface area contributed by atoms with E-state index in [1.165, 1.54) is 7.11 Å². The molecule has 0 radical (unpaired) electrons. The first-order valence-electron chi connectivity index (χ1n) is 8.55. The van der Waals surface area contributed by atoms with E-state index < -0.39 is 0 Å². The van der Waals surface area contributed by atoms with Crippen LogP contribution in [0.3, 0.4) is 0 Å². The molecular formula is C18H24ClN3O3. The summed E-state index contributed by atoms with van der Waals surface area (Å²) in [5, 5.41) is 4.88. The summed E-state index contributed by atoms with van der Waals surface area (Å²) in [5.41, 5.74) is 3.56. The Morgan fingerprint density at radius 2 is 1.92 bits per heavy atom. The molecule has 136 valence electrons. The second kappa shape index (κ2) is 10.0. The molecule has 0 aromatic heterocycles. The predicted molar refractivity (Wildman–Crippen MR) is 98.8 cm³/mol. The number of rotatable bonds is 7. The lowest BCUT2D eigenvalue weighted by Gasteiger charge is -2.29. The quantitative estimate of drug-likeness (QED) is 0.347. The van der Waals surface area contributed by atoms with Crippen molar-refractivity contribution < 1.29 is 14.3 Å². The van der Waals surface area contributed by atoms with Gasteiger partial charge in [-0.05, 0) is 37.8 Å². The summed E-state index contributed by atoms with van der Waals surface area (Å²) >= 11 is 6.13. The van der Waals surface area contributed by atoms with Crippen molar-refractivity contribution in [3.8, 4) is 0 Å². The average molecular weight is 366 g/mol. The predicted octanol–water partition coefficient (Wildman–Crippen LogP) is 3.46. The molecule has 1 heterocycles. The topological polar surface area (TPSA) is 71.0 Å². The number of benzene rings is 1. The van der Waals surface area contributed by atoms with Crippen molar-refractivity contribution in [1.29, 1.82) is 0 Å². The number of hydrazone groups is 1. The highest BCUT2D eigenvalue weighted by Gasteiger charge is 2.21. The number of piperidine rings is 1. The van der Waals surface area contributed by atoms with Gasteiger partial charge < -0.3 is 9.64 Å². The number of nitrogens with zero attached hydrogens (tertiary/aromatic N) is 2. The smallest absolute Gasteiger partial charge is 0.305 e. The molecule has 1 aromatic rings. The first-order valence-corrected chi connectivity index (χ1v) is 8.93. The van der Waals surface area contributed by atoms with Crippen molar-refractivity contribution in [2.75, 3.05) is 25.6 Å². The molecule has 0 spiro atoms. The summed E-state index contributed by atoms with van der Waals surface area (Å²) in [6, 6.07) is 7.25. The van der Waals surface area contributed by atoms with Gasteiger partial charge >= 0.3 is 5.97 Å². The summed E-state index contributed by atoms with van der Waals surface area (Å²) in [5.74, 6) is 0.0216. The lowest BCUT2D eigenvalue weighted by atomic mass is 10.1. The lowest BCUT2D eigenvalue weighted by molar-refractivity contribution is -0.140. The maximum Gasteiger partial charge on any atom is 0.305 e. The Labute approximate surface area is 153 Å². The molecule has 0 bridgehead atoms. The van der Waals surface area contributed by atoms with E-state index in [0.717, 1.165) is 32.4 Å². The van der Waals surface area contributed by atoms with Crippen LogP contribution in [0.4, 0.5) is 5.69 Å². The summed E-state index contributed by atoms with van der Waals surface area (Å²) in [6.45, 7) is 1.62. The third-order valence-electron chi connectivity index (χ3n) is 4.07. The number of hydrogen-bond acceptors (Lipinski definition) is 5. The van der Waals surface area contributed by atoms with Crippen LogP contribution in [0.15, 0.2) is 29.4 Å². The molecule has 7 heteroatoms. The third kappa shape index (κ3) is 6.05. The monoisotopic (exact) mass is 365 g/mol. The fourth-order valence-electron chi connectivity index (χ4n) is 2.69. The number of carbonyl (C=O) groups excluding carboxylic acids is 2. The van der Waals surface area contributed by atoms with Crippen LogP contribution in [0.1, 0.15) is 38.5 Å². The molecule has 1 fully saturated rings. The van der Waals surface area contributed by atoms with Crippen molar-refractivity contribution in [3.05, 3.63) is 29.3 Å². The molecular weight excluding hydrogens is 342 g/mol. The fourth-order valence-corrected chi connectivity index (χ4v) is 2.87. The van der Waals surface area contributed by atoms with E-state index in [1.54, 1.807) is 12.1 Å². The van der Waals surface area contributed by atoms with E-state index in [-0.39, 0.29) is 24.6 Å². The number of methoxy groups -OCH3 is 1. The van der Waals surface area contributed by atoms with Crippen molar-refractivity contribution in [1.82, 2.24) is 4.90 Å². The van der Waals surface area contributed by atoms with Gasteiger partial charge in [-0.25, -0.2) is 0 Å². The normalized spacial score (nSPS) is 15.0. The van der Waals surface area contributed by atoms with Gasteiger partial charge in [0, 0.05) is 25.9 Å². The van der Waals surface area contributed by atoms with E-state index in [1.807, 2.05) is 17.0 Å². The van der Waals surface area contributed by atoms with Crippen molar-refractivity contribution >= 4 is 34.9 Å². The SMILES string of the molecule is COC(=O)CCCC(=O)/C(=N\Nc1ccccc1Cl)N1CCCCC1. The van der Waals surface area contributed by atoms with Crippen LogP contribution in [0.2, 0.25) is 5.02 Å². The molecule has 1 aromatic carbocycles. The minimum absolute atomic E-state index is 0.0784. The maximum absolute atomic E-state index is 12.6. The molecule has 1 saturated heterocycles. The summed E-state index contributed by atoms with van der Waals surface area (Å²) in [6.07, 6.45) is 4.19. The second-order valence-electron chi connectivity index (χ2n) is 5.93. The zero-order chi connectivity index (χ0) is 18.1. The van der Waals surface area contributed by atoms with Crippen molar-refractivity contribution in [2.45, 2.75) is 38.5 Å². The number of likely N-dealkylation sites (tertiary alicyclic amines) is 1. The number of hydrogen-bond donors (Lipinski definition) is 1. The minimum Gasteiger partial charge on any atom is -0.469 e. The summed E-state index contributed by atoms with van der Waals surface area (Å²) in [4.78, 5) is 25.8. The standard InChI is InChI=1S/C18H24ClN3O3/c1-25-17(24)11-7-10-16(23)18(22-12-5-2-6-13-22)21-20-15-9-4-3-8-14(15)19/h3-4,8-9,20H,2,5-7,10-13H2,1H3/b21-18+. The Bertz CT molecular complexity index is 628. The number of anilines is 1. The first-order chi connectivity index (χ1) is 12.1. The molecule has 6 nitrogen and oxygen atoms in total. The molecule has 1 aliphatic heterocycles. The van der Waals surface area contributed by atoms with Gasteiger partial charge in [0.25, 0.3) is 0 Å². The Kier molecular flexibility index (Phi) is 7.73. The minimum atomic E-state index is -0.307. The number of esters is 1. The van der Waals surface area contributed by atoms with Crippen LogP contribution in [-0.2, 0) is 14.3 Å². The number of carbonyl (C=O) groups is 2. The number of Topliss-reactive ketones (excluding diaryl/α,β-unsaturated/α-hetero) is 1. The molecule has 0 saturated carbocycles. The van der Waals surface area contributed by atoms with E-state index in [2.05, 4.69) is 15.3 Å². The van der Waals surface area contributed by atoms with Crippen molar-refractivity contribution in [2.24, 2.45) is 5.10 Å². The number of halogens is 1. The van der Waals surface area contributed by atoms with Gasteiger partial charge in [0.2, 0.25) is 0 Å². The number of amidine groups is 1. The Balaban J connectivity index is 2.06. The Morgan fingerprint density at radius 1 is 1.20 bits per heavy atom. The number of ketones is 1. The van der Waals surface area contributed by atoms with Gasteiger partial charge in [0.05, 0.1) is 17.8 Å².